The number of β-amino-alcohol motifs (C(OH)–C–C–N with tert-alkyl or cyclic N) is 1. The summed E-state index contributed by atoms with van der Waals surface area (Å²) in [6.45, 7) is 6.49. The summed E-state index contributed by atoms with van der Waals surface area (Å²) < 4.78 is 6.96. The second-order valence-corrected chi connectivity index (χ2v) is 11.8. The van der Waals surface area contributed by atoms with Crippen LogP contribution in [0, 0.1) is 12.8 Å². The number of benzene rings is 2. The molecule has 2 amide bonds. The van der Waals surface area contributed by atoms with Crippen molar-refractivity contribution in [3.05, 3.63) is 76.8 Å². The third-order valence-corrected chi connectivity index (χ3v) is 8.72. The van der Waals surface area contributed by atoms with Gasteiger partial charge in [0.05, 0.1) is 21.1 Å². The predicted octanol–water partition coefficient (Wildman–Crippen LogP) is 4.60. The standard InChI is InChI=1S/C30H32N4O4S/c1-18-15-34(30(37)32-20-7-9-25-26(13-20)23-5-3-4-6-24(23)29(25)36)12-11-33(18)16-21(35)17-38-22-8-10-28-27(14-22)31-19(2)39-28/h3-10,13-14,18,21,23-24,35H,11-12,15-17H2,1-2H3,(H,32,37)/t18-,21+,23?,24?/m0/s1. The average Bonchev–Trinajstić information content (AvgIpc) is 3.44. The maximum Gasteiger partial charge on any atom is 0.321 e. The minimum atomic E-state index is -0.651. The molecule has 1 aromatic heterocycles. The number of piperazine rings is 1. The number of nitrogens with one attached hydrogen (secondary N) is 1. The lowest BCUT2D eigenvalue weighted by molar-refractivity contribution is 0.0307. The molecule has 8 nitrogen and oxygen atoms in total. The molecule has 1 aliphatic heterocycles. The molecular weight excluding hydrogens is 512 g/mol. The van der Waals surface area contributed by atoms with E-state index in [-0.39, 0.29) is 36.3 Å². The Morgan fingerprint density at radius 1 is 1.18 bits per heavy atom. The highest BCUT2D eigenvalue weighted by atomic mass is 32.1. The summed E-state index contributed by atoms with van der Waals surface area (Å²) in [6, 6.07) is 11.3. The van der Waals surface area contributed by atoms with Gasteiger partial charge in [-0.2, -0.15) is 0 Å². The van der Waals surface area contributed by atoms with Gasteiger partial charge in [-0.25, -0.2) is 9.78 Å². The topological polar surface area (TPSA) is 95.0 Å². The van der Waals surface area contributed by atoms with Gasteiger partial charge in [-0.05, 0) is 49.7 Å². The van der Waals surface area contributed by atoms with Crippen LogP contribution in [0.25, 0.3) is 10.2 Å². The minimum absolute atomic E-state index is 0.0349. The number of hydrogen-bond donors (Lipinski definition) is 2. The number of aliphatic hydroxyl groups is 1. The summed E-state index contributed by atoms with van der Waals surface area (Å²) in [5, 5.41) is 14.7. The quantitative estimate of drug-likeness (QED) is 0.471. The Morgan fingerprint density at radius 2 is 2.00 bits per heavy atom. The average molecular weight is 545 g/mol. The number of allylic oxidation sites excluding steroid dienone is 4. The summed E-state index contributed by atoms with van der Waals surface area (Å²) >= 11 is 1.65. The zero-order valence-electron chi connectivity index (χ0n) is 22.0. The molecular formula is C30H32N4O4S. The molecule has 202 valence electrons. The fourth-order valence-corrected chi connectivity index (χ4v) is 6.56. The Hall–Kier alpha value is -3.53. The number of aryl methyl sites for hydroxylation is 1. The molecule has 2 heterocycles. The van der Waals surface area contributed by atoms with E-state index >= 15 is 0 Å². The van der Waals surface area contributed by atoms with Crippen molar-refractivity contribution in [2.24, 2.45) is 5.92 Å². The van der Waals surface area contributed by atoms with E-state index in [0.717, 1.165) is 26.4 Å². The van der Waals surface area contributed by atoms with E-state index in [9.17, 15) is 14.7 Å². The fraction of sp³-hybridized carbons (Fsp3) is 0.367. The van der Waals surface area contributed by atoms with Gasteiger partial charge in [0.1, 0.15) is 18.5 Å². The number of rotatable bonds is 6. The molecule has 39 heavy (non-hydrogen) atoms. The van der Waals surface area contributed by atoms with Gasteiger partial charge in [0.2, 0.25) is 0 Å². The van der Waals surface area contributed by atoms with Gasteiger partial charge in [-0.3, -0.25) is 9.69 Å². The van der Waals surface area contributed by atoms with E-state index in [1.165, 1.54) is 0 Å². The second-order valence-electron chi connectivity index (χ2n) is 10.5. The van der Waals surface area contributed by atoms with E-state index in [1.54, 1.807) is 16.2 Å². The van der Waals surface area contributed by atoms with Crippen molar-refractivity contribution in [3.63, 3.8) is 0 Å². The van der Waals surface area contributed by atoms with Gasteiger partial charge in [0.25, 0.3) is 0 Å². The molecule has 9 heteroatoms. The number of amides is 2. The van der Waals surface area contributed by atoms with Crippen LogP contribution in [0.5, 0.6) is 5.75 Å². The van der Waals surface area contributed by atoms with Crippen molar-refractivity contribution in [3.8, 4) is 5.75 Å². The Balaban J connectivity index is 1.00. The lowest BCUT2D eigenvalue weighted by Gasteiger charge is -2.40. The number of carbonyl (C=O) groups is 2. The maximum absolute atomic E-state index is 13.1. The number of ketones is 1. The van der Waals surface area contributed by atoms with Crippen molar-refractivity contribution in [2.75, 3.05) is 38.1 Å². The molecule has 0 bridgehead atoms. The number of thiazole rings is 1. The van der Waals surface area contributed by atoms with Gasteiger partial charge in [-0.1, -0.05) is 24.3 Å². The lowest BCUT2D eigenvalue weighted by Crippen LogP contribution is -2.56. The maximum atomic E-state index is 13.1. The normalized spacial score (nSPS) is 23.1. The highest BCUT2D eigenvalue weighted by Crippen LogP contribution is 2.42. The molecule has 0 saturated carbocycles. The molecule has 3 aliphatic rings. The number of fused-ring (bicyclic) bond motifs is 4. The first-order valence-corrected chi connectivity index (χ1v) is 14.2. The van der Waals surface area contributed by atoms with Gasteiger partial charge in [-0.15, -0.1) is 11.3 Å². The molecule has 6 rings (SSSR count). The first kappa shape index (κ1) is 25.7. The van der Waals surface area contributed by atoms with E-state index in [2.05, 4.69) is 28.2 Å². The third-order valence-electron chi connectivity index (χ3n) is 7.77. The zero-order chi connectivity index (χ0) is 27.1. The predicted molar refractivity (Wildman–Crippen MR) is 153 cm³/mol. The fourth-order valence-electron chi connectivity index (χ4n) is 5.76. The van der Waals surface area contributed by atoms with Crippen LogP contribution in [-0.2, 0) is 0 Å². The smallest absolute Gasteiger partial charge is 0.321 e. The summed E-state index contributed by atoms with van der Waals surface area (Å²) in [7, 11) is 0. The van der Waals surface area contributed by atoms with Crippen LogP contribution < -0.4 is 10.1 Å². The number of ether oxygens (including phenoxy) is 1. The van der Waals surface area contributed by atoms with Crippen molar-refractivity contribution in [1.29, 1.82) is 0 Å². The number of hydrogen-bond acceptors (Lipinski definition) is 7. The number of Topliss-reactive ketones (excluding diaryl/α,β-unsaturated/α-hetero) is 1. The van der Waals surface area contributed by atoms with E-state index < -0.39 is 6.10 Å². The number of carbonyl (C=O) groups excluding carboxylic acids is 2. The molecule has 2 N–H and O–H groups in total. The van der Waals surface area contributed by atoms with Crippen LogP contribution in [-0.4, -0.2) is 76.6 Å². The Morgan fingerprint density at radius 3 is 2.82 bits per heavy atom. The minimum Gasteiger partial charge on any atom is -0.491 e. The van der Waals surface area contributed by atoms with Crippen LogP contribution in [0.2, 0.25) is 0 Å². The molecule has 2 aliphatic carbocycles. The first-order chi connectivity index (χ1) is 18.9. The summed E-state index contributed by atoms with van der Waals surface area (Å²) in [5.41, 5.74) is 3.32. The second kappa shape index (κ2) is 10.6. The van der Waals surface area contributed by atoms with Gasteiger partial charge >= 0.3 is 6.03 Å². The number of aromatic nitrogens is 1. The van der Waals surface area contributed by atoms with E-state index in [1.807, 2.05) is 61.5 Å². The van der Waals surface area contributed by atoms with Gasteiger partial charge < -0.3 is 20.1 Å². The number of aliphatic hydroxyl groups excluding tert-OH is 1. The summed E-state index contributed by atoms with van der Waals surface area (Å²) in [6.07, 6.45) is 7.25. The molecule has 2 aromatic carbocycles. The van der Waals surface area contributed by atoms with Gasteiger partial charge in [0, 0.05) is 55.5 Å². The lowest BCUT2D eigenvalue weighted by atomic mass is 9.88. The highest BCUT2D eigenvalue weighted by Gasteiger charge is 2.37. The molecule has 0 spiro atoms. The number of nitrogens with zero attached hydrogens (tertiary/aromatic N) is 3. The van der Waals surface area contributed by atoms with E-state index in [0.29, 0.717) is 37.6 Å². The van der Waals surface area contributed by atoms with Crippen LogP contribution in [0.15, 0.2) is 60.7 Å². The first-order valence-electron chi connectivity index (χ1n) is 13.4. The van der Waals surface area contributed by atoms with Crippen molar-refractivity contribution in [2.45, 2.75) is 31.9 Å². The molecule has 2 unspecified atom stereocenters. The monoisotopic (exact) mass is 544 g/mol. The van der Waals surface area contributed by atoms with Crippen LogP contribution in [0.3, 0.4) is 0 Å². The Kier molecular flexibility index (Phi) is 6.97. The summed E-state index contributed by atoms with van der Waals surface area (Å²) in [4.78, 5) is 34.3. The van der Waals surface area contributed by atoms with E-state index in [4.69, 9.17) is 4.74 Å². The molecule has 3 aromatic rings. The number of urea groups is 1. The summed E-state index contributed by atoms with van der Waals surface area (Å²) in [5.74, 6) is 0.731. The SMILES string of the molecule is Cc1nc2cc(OC[C@H](O)CN3CCN(C(=O)Nc4ccc5c(c4)C4C=CC=CC4C5=O)C[C@@H]3C)ccc2s1. The largest absolute Gasteiger partial charge is 0.491 e. The van der Waals surface area contributed by atoms with Crippen molar-refractivity contribution < 1.29 is 19.4 Å². The third kappa shape index (κ3) is 5.22. The number of anilines is 1. The van der Waals surface area contributed by atoms with Crippen LogP contribution in [0.1, 0.15) is 33.8 Å². The molecule has 4 atom stereocenters. The zero-order valence-corrected chi connectivity index (χ0v) is 22.9. The van der Waals surface area contributed by atoms with Crippen molar-refractivity contribution >= 4 is 39.1 Å². The van der Waals surface area contributed by atoms with Gasteiger partial charge in [0.15, 0.2) is 5.78 Å². The Labute approximate surface area is 231 Å². The molecule has 1 saturated heterocycles. The van der Waals surface area contributed by atoms with Crippen molar-refractivity contribution in [1.82, 2.24) is 14.8 Å². The molecule has 1 fully saturated rings. The van der Waals surface area contributed by atoms with Crippen LogP contribution >= 0.6 is 11.3 Å². The highest BCUT2D eigenvalue weighted by molar-refractivity contribution is 7.18. The molecule has 0 radical (unpaired) electrons. The Bertz CT molecular complexity index is 1480. The van der Waals surface area contributed by atoms with Crippen LogP contribution in [0.4, 0.5) is 10.5 Å².